The lowest BCUT2D eigenvalue weighted by atomic mass is 9.88. The van der Waals surface area contributed by atoms with E-state index in [4.69, 9.17) is 9.26 Å². The van der Waals surface area contributed by atoms with E-state index >= 15 is 0 Å². The summed E-state index contributed by atoms with van der Waals surface area (Å²) in [7, 11) is 0. The van der Waals surface area contributed by atoms with Crippen molar-refractivity contribution < 1.29 is 9.26 Å². The van der Waals surface area contributed by atoms with E-state index in [1.54, 1.807) is 0 Å². The Hall–Kier alpha value is -1.88. The normalized spacial score (nSPS) is 13.1. The molecule has 0 aliphatic heterocycles. The van der Waals surface area contributed by atoms with Gasteiger partial charge in [0.2, 0.25) is 11.7 Å². The van der Waals surface area contributed by atoms with Crippen molar-refractivity contribution in [1.29, 1.82) is 0 Å². The van der Waals surface area contributed by atoms with Gasteiger partial charge in [-0.25, -0.2) is 0 Å². The molecule has 0 saturated heterocycles. The molecule has 0 saturated carbocycles. The van der Waals surface area contributed by atoms with Gasteiger partial charge in [-0.05, 0) is 24.5 Å². The van der Waals surface area contributed by atoms with Gasteiger partial charge in [-0.2, -0.15) is 4.98 Å². The maximum absolute atomic E-state index is 5.76. The molecule has 0 radical (unpaired) electrons. The minimum Gasteiger partial charge on any atom is -0.376 e. The minimum atomic E-state index is -0.170. The molecule has 5 heteroatoms. The van der Waals surface area contributed by atoms with Crippen LogP contribution in [-0.4, -0.2) is 16.7 Å². The highest BCUT2D eigenvalue weighted by atomic mass is 16.5. The number of nitrogens with one attached hydrogen (secondary N) is 1. The molecule has 0 aliphatic carbocycles. The number of anilines is 1. The summed E-state index contributed by atoms with van der Waals surface area (Å²) in [6, 6.07) is 9.93. The van der Waals surface area contributed by atoms with Crippen molar-refractivity contribution in [3.8, 4) is 0 Å². The fourth-order valence-corrected chi connectivity index (χ4v) is 2.06. The Labute approximate surface area is 125 Å². The molecule has 2 aromatic rings. The summed E-state index contributed by atoms with van der Waals surface area (Å²) < 4.78 is 11.1. The molecule has 1 atom stereocenters. The zero-order chi connectivity index (χ0) is 15.3. The molecule has 0 amide bonds. The highest BCUT2D eigenvalue weighted by molar-refractivity contribution is 5.42. The lowest BCUT2D eigenvalue weighted by Gasteiger charge is -2.27. The van der Waals surface area contributed by atoms with Crippen LogP contribution in [-0.2, 0) is 11.3 Å². The van der Waals surface area contributed by atoms with Gasteiger partial charge in [-0.1, -0.05) is 44.1 Å². The van der Waals surface area contributed by atoms with Gasteiger partial charge in [-0.3, -0.25) is 0 Å². The van der Waals surface area contributed by atoms with Crippen LogP contribution < -0.4 is 5.32 Å². The molecule has 0 fully saturated rings. The van der Waals surface area contributed by atoms with Gasteiger partial charge in [0.15, 0.2) is 0 Å². The summed E-state index contributed by atoms with van der Waals surface area (Å²) in [4.78, 5) is 4.45. The molecule has 0 spiro atoms. The smallest absolute Gasteiger partial charge is 0.246 e. The van der Waals surface area contributed by atoms with Crippen LogP contribution in [0.25, 0.3) is 0 Å². The molecule has 1 aromatic carbocycles. The summed E-state index contributed by atoms with van der Waals surface area (Å²) in [5, 5.41) is 7.31. The zero-order valence-corrected chi connectivity index (χ0v) is 13.1. The van der Waals surface area contributed by atoms with Crippen LogP contribution >= 0.6 is 0 Å². The molecule has 1 unspecified atom stereocenters. The Morgan fingerprint density at radius 3 is 2.57 bits per heavy atom. The van der Waals surface area contributed by atoms with E-state index in [1.165, 1.54) is 0 Å². The molecule has 5 nitrogen and oxygen atoms in total. The molecule has 0 bridgehead atoms. The SMILES string of the molecule is CCOC(c1noc(CNc2ccccc2)n1)C(C)(C)C. The van der Waals surface area contributed by atoms with Crippen molar-refractivity contribution in [3.63, 3.8) is 0 Å². The fraction of sp³-hybridized carbons (Fsp3) is 0.500. The van der Waals surface area contributed by atoms with E-state index in [0.29, 0.717) is 24.9 Å². The lowest BCUT2D eigenvalue weighted by Crippen LogP contribution is -2.22. The number of nitrogens with zero attached hydrogens (tertiary/aromatic N) is 2. The van der Waals surface area contributed by atoms with Crippen LogP contribution in [0.1, 0.15) is 45.5 Å². The van der Waals surface area contributed by atoms with Crippen LogP contribution in [0, 0.1) is 5.41 Å². The van der Waals surface area contributed by atoms with Crippen LogP contribution in [0.2, 0.25) is 0 Å². The van der Waals surface area contributed by atoms with Gasteiger partial charge < -0.3 is 14.6 Å². The molecule has 1 aromatic heterocycles. The molecule has 21 heavy (non-hydrogen) atoms. The number of aromatic nitrogens is 2. The molecule has 114 valence electrons. The Morgan fingerprint density at radius 2 is 1.95 bits per heavy atom. The summed E-state index contributed by atoms with van der Waals surface area (Å²) in [5.41, 5.74) is 0.943. The Balaban J connectivity index is 2.03. The number of benzene rings is 1. The van der Waals surface area contributed by atoms with Crippen LogP contribution in [0.5, 0.6) is 0 Å². The average molecular weight is 289 g/mol. The molecule has 1 N–H and O–H groups in total. The predicted octanol–water partition coefficient (Wildman–Crippen LogP) is 3.81. The van der Waals surface area contributed by atoms with Crippen molar-refractivity contribution >= 4 is 5.69 Å². The topological polar surface area (TPSA) is 60.2 Å². The van der Waals surface area contributed by atoms with Gasteiger partial charge in [-0.15, -0.1) is 0 Å². The van der Waals surface area contributed by atoms with E-state index < -0.39 is 0 Å². The minimum absolute atomic E-state index is 0.0794. The molecular formula is C16H23N3O2. The van der Waals surface area contributed by atoms with Crippen molar-refractivity contribution in [2.75, 3.05) is 11.9 Å². The molecule has 1 heterocycles. The van der Waals surface area contributed by atoms with Crippen molar-refractivity contribution in [2.45, 2.75) is 40.3 Å². The van der Waals surface area contributed by atoms with Crippen LogP contribution in [0.4, 0.5) is 5.69 Å². The number of ether oxygens (including phenoxy) is 1. The monoisotopic (exact) mass is 289 g/mol. The van der Waals surface area contributed by atoms with E-state index in [2.05, 4.69) is 36.2 Å². The van der Waals surface area contributed by atoms with E-state index in [-0.39, 0.29) is 11.5 Å². The Kier molecular flexibility index (Phi) is 4.96. The van der Waals surface area contributed by atoms with Gasteiger partial charge in [0.25, 0.3) is 0 Å². The van der Waals surface area contributed by atoms with Gasteiger partial charge in [0.05, 0.1) is 6.54 Å². The van der Waals surface area contributed by atoms with E-state index in [9.17, 15) is 0 Å². The van der Waals surface area contributed by atoms with Gasteiger partial charge >= 0.3 is 0 Å². The highest BCUT2D eigenvalue weighted by Crippen LogP contribution is 2.34. The third-order valence-electron chi connectivity index (χ3n) is 3.06. The van der Waals surface area contributed by atoms with Crippen LogP contribution in [0.3, 0.4) is 0 Å². The second kappa shape index (κ2) is 6.72. The fourth-order valence-electron chi connectivity index (χ4n) is 2.06. The summed E-state index contributed by atoms with van der Waals surface area (Å²) in [6.45, 7) is 9.40. The number of rotatable bonds is 6. The van der Waals surface area contributed by atoms with Crippen LogP contribution in [0.15, 0.2) is 34.9 Å². The van der Waals surface area contributed by atoms with Crippen molar-refractivity contribution in [1.82, 2.24) is 10.1 Å². The van der Waals surface area contributed by atoms with Crippen molar-refractivity contribution in [2.24, 2.45) is 5.41 Å². The first-order valence-electron chi connectivity index (χ1n) is 7.23. The second-order valence-electron chi connectivity index (χ2n) is 5.97. The largest absolute Gasteiger partial charge is 0.376 e. The van der Waals surface area contributed by atoms with E-state index in [0.717, 1.165) is 5.69 Å². The predicted molar refractivity (Wildman–Crippen MR) is 81.9 cm³/mol. The maximum Gasteiger partial charge on any atom is 0.246 e. The first-order chi connectivity index (χ1) is 10.0. The number of hydrogen-bond acceptors (Lipinski definition) is 5. The Bertz CT molecular complexity index is 546. The molecule has 2 rings (SSSR count). The zero-order valence-electron chi connectivity index (χ0n) is 13.1. The lowest BCUT2D eigenvalue weighted by molar-refractivity contribution is -0.0203. The molecular weight excluding hydrogens is 266 g/mol. The van der Waals surface area contributed by atoms with Gasteiger partial charge in [0.1, 0.15) is 6.10 Å². The first kappa shape index (κ1) is 15.5. The highest BCUT2D eigenvalue weighted by Gasteiger charge is 2.31. The summed E-state index contributed by atoms with van der Waals surface area (Å²) in [6.07, 6.45) is -0.170. The molecule has 0 aliphatic rings. The first-order valence-corrected chi connectivity index (χ1v) is 7.23. The summed E-state index contributed by atoms with van der Waals surface area (Å²) >= 11 is 0. The van der Waals surface area contributed by atoms with Crippen molar-refractivity contribution in [3.05, 3.63) is 42.0 Å². The van der Waals surface area contributed by atoms with Gasteiger partial charge in [0, 0.05) is 12.3 Å². The quantitative estimate of drug-likeness (QED) is 0.876. The standard InChI is InChI=1S/C16H23N3O2/c1-5-20-14(16(2,3)4)15-18-13(21-19-15)11-17-12-9-7-6-8-10-12/h6-10,14,17H,5,11H2,1-4H3. The third-order valence-corrected chi connectivity index (χ3v) is 3.06. The van der Waals surface area contributed by atoms with E-state index in [1.807, 2.05) is 37.3 Å². The average Bonchev–Trinajstić information content (AvgIpc) is 2.91. The number of para-hydroxylation sites is 1. The number of hydrogen-bond donors (Lipinski definition) is 1. The third kappa shape index (κ3) is 4.29. The summed E-state index contributed by atoms with van der Waals surface area (Å²) in [5.74, 6) is 1.16. The maximum atomic E-state index is 5.76. The second-order valence-corrected chi connectivity index (χ2v) is 5.97. The Morgan fingerprint density at radius 1 is 1.24 bits per heavy atom.